The van der Waals surface area contributed by atoms with E-state index in [-0.39, 0.29) is 29.9 Å². The third-order valence-corrected chi connectivity index (χ3v) is 7.24. The zero-order valence-corrected chi connectivity index (χ0v) is 21.9. The number of carbonyl (C=O) groups is 1. The molecule has 0 spiro atoms. The van der Waals surface area contributed by atoms with E-state index in [0.29, 0.717) is 37.2 Å². The van der Waals surface area contributed by atoms with Gasteiger partial charge in [0.2, 0.25) is 0 Å². The monoisotopic (exact) mass is 566 g/mol. The van der Waals surface area contributed by atoms with E-state index in [1.807, 2.05) is 17.9 Å². The molecule has 214 valence electrons. The lowest BCUT2D eigenvalue weighted by Gasteiger charge is -2.43. The number of pyridine rings is 1. The molecule has 3 aromatic rings. The smallest absolute Gasteiger partial charge is 0.369 e. The number of piperidine rings is 1. The second kappa shape index (κ2) is 10.3. The summed E-state index contributed by atoms with van der Waals surface area (Å²) in [7, 11) is 0. The summed E-state index contributed by atoms with van der Waals surface area (Å²) >= 11 is 0. The molecular formula is C27H28F6N6O. The van der Waals surface area contributed by atoms with Gasteiger partial charge in [0.15, 0.2) is 5.82 Å². The Kier molecular flexibility index (Phi) is 7.17. The predicted molar refractivity (Wildman–Crippen MR) is 136 cm³/mol. The summed E-state index contributed by atoms with van der Waals surface area (Å²) < 4.78 is 84.2. The quantitative estimate of drug-likeness (QED) is 0.343. The lowest BCUT2D eigenvalue weighted by Crippen LogP contribution is -2.54. The molecule has 1 saturated heterocycles. The number of benzene rings is 1. The number of para-hydroxylation sites is 1. The number of nitrogens with zero attached hydrogens (tertiary/aromatic N) is 6. The molecule has 7 nitrogen and oxygen atoms in total. The van der Waals surface area contributed by atoms with Crippen LogP contribution in [-0.4, -0.2) is 50.7 Å². The number of carbonyl (C=O) groups excluding carboxylic acids is 1. The molecule has 40 heavy (non-hydrogen) atoms. The Morgan fingerprint density at radius 1 is 1.05 bits per heavy atom. The first-order valence-electron chi connectivity index (χ1n) is 12.9. The summed E-state index contributed by atoms with van der Waals surface area (Å²) in [6.45, 7) is 2.26. The van der Waals surface area contributed by atoms with E-state index in [2.05, 4.69) is 10.1 Å². The average molecular weight is 567 g/mol. The van der Waals surface area contributed by atoms with E-state index in [1.165, 1.54) is 18.5 Å². The zero-order chi connectivity index (χ0) is 28.8. The zero-order valence-electron chi connectivity index (χ0n) is 21.9. The van der Waals surface area contributed by atoms with Crippen LogP contribution in [0.5, 0.6) is 0 Å². The Bertz CT molecular complexity index is 1370. The molecule has 5 rings (SSSR count). The second-order valence-corrected chi connectivity index (χ2v) is 10.4. The number of hydrogen-bond donors (Lipinski definition) is 0. The van der Waals surface area contributed by atoms with E-state index in [0.717, 1.165) is 34.2 Å². The second-order valence-electron chi connectivity index (χ2n) is 10.4. The third-order valence-electron chi connectivity index (χ3n) is 7.24. The fourth-order valence-electron chi connectivity index (χ4n) is 5.48. The Hall–Kier alpha value is -3.77. The van der Waals surface area contributed by atoms with Gasteiger partial charge in [-0.2, -0.15) is 18.3 Å². The highest BCUT2D eigenvalue weighted by atomic mass is 19.4. The van der Waals surface area contributed by atoms with Crippen LogP contribution in [-0.2, 0) is 25.8 Å². The molecule has 0 aliphatic carbocycles. The molecule has 0 saturated carbocycles. The minimum atomic E-state index is -4.70. The first kappa shape index (κ1) is 27.8. The van der Waals surface area contributed by atoms with Gasteiger partial charge in [-0.3, -0.25) is 14.6 Å². The van der Waals surface area contributed by atoms with Gasteiger partial charge in [-0.1, -0.05) is 12.1 Å². The highest BCUT2D eigenvalue weighted by molar-refractivity contribution is 5.93. The van der Waals surface area contributed by atoms with Crippen molar-refractivity contribution in [3.05, 3.63) is 70.9 Å². The number of urea groups is 1. The minimum absolute atomic E-state index is 0.0312. The van der Waals surface area contributed by atoms with E-state index in [4.69, 9.17) is 0 Å². The van der Waals surface area contributed by atoms with Gasteiger partial charge in [-0.15, -0.1) is 0 Å². The Morgan fingerprint density at radius 2 is 1.77 bits per heavy atom. The van der Waals surface area contributed by atoms with Crippen molar-refractivity contribution in [2.24, 2.45) is 0 Å². The van der Waals surface area contributed by atoms with Crippen LogP contribution in [0.1, 0.15) is 42.1 Å². The van der Waals surface area contributed by atoms with Crippen LogP contribution in [0, 0.1) is 12.7 Å². The average Bonchev–Trinajstić information content (AvgIpc) is 3.26. The van der Waals surface area contributed by atoms with Crippen molar-refractivity contribution in [1.29, 1.82) is 0 Å². The largest absolute Gasteiger partial charge is 0.418 e. The normalized spacial score (nSPS) is 17.0. The van der Waals surface area contributed by atoms with E-state index >= 15 is 0 Å². The molecule has 1 fully saturated rings. The molecule has 2 aromatic heterocycles. The minimum Gasteiger partial charge on any atom is -0.369 e. The number of halogens is 6. The SMILES string of the molecule is Cc1cccc(F)c1N1CCC(N2Cc3cn(CC(C)(F)F)nc3N(Cc3ncccc3C(F)(F)F)C2=O)CC1. The first-order valence-corrected chi connectivity index (χ1v) is 12.9. The number of hydrogen-bond acceptors (Lipinski definition) is 4. The molecule has 0 unspecified atom stereocenters. The topological polar surface area (TPSA) is 57.5 Å². The number of aromatic nitrogens is 3. The maximum absolute atomic E-state index is 14.5. The number of rotatable bonds is 6. The molecule has 2 aliphatic heterocycles. The lowest BCUT2D eigenvalue weighted by atomic mass is 10.00. The molecule has 2 aliphatic rings. The van der Waals surface area contributed by atoms with Gasteiger partial charge in [-0.25, -0.2) is 18.0 Å². The maximum Gasteiger partial charge on any atom is 0.418 e. The number of alkyl halides is 5. The number of aryl methyl sites for hydroxylation is 1. The summed E-state index contributed by atoms with van der Waals surface area (Å²) in [6.07, 6.45) is -1.12. The molecule has 1 aromatic carbocycles. The van der Waals surface area contributed by atoms with Crippen molar-refractivity contribution in [2.45, 2.75) is 64.5 Å². The van der Waals surface area contributed by atoms with Crippen LogP contribution in [0.2, 0.25) is 0 Å². The number of fused-ring (bicyclic) bond motifs is 1. The van der Waals surface area contributed by atoms with Crippen molar-refractivity contribution in [3.8, 4) is 0 Å². The summed E-state index contributed by atoms with van der Waals surface area (Å²) in [5, 5.41) is 4.16. The molecule has 0 N–H and O–H groups in total. The van der Waals surface area contributed by atoms with Crippen LogP contribution in [0.15, 0.2) is 42.7 Å². The van der Waals surface area contributed by atoms with E-state index in [1.54, 1.807) is 11.0 Å². The number of anilines is 2. The predicted octanol–water partition coefficient (Wildman–Crippen LogP) is 6.01. The Morgan fingerprint density at radius 3 is 2.42 bits per heavy atom. The third kappa shape index (κ3) is 5.59. The highest BCUT2D eigenvalue weighted by Crippen LogP contribution is 2.36. The summed E-state index contributed by atoms with van der Waals surface area (Å²) in [6, 6.07) is 6.01. The molecule has 4 heterocycles. The van der Waals surface area contributed by atoms with Gasteiger partial charge in [0.25, 0.3) is 5.92 Å². The molecule has 0 atom stereocenters. The fraction of sp³-hybridized carbons (Fsp3) is 0.444. The fourth-order valence-corrected chi connectivity index (χ4v) is 5.48. The van der Waals surface area contributed by atoms with Crippen molar-refractivity contribution in [2.75, 3.05) is 22.9 Å². The molecule has 0 bridgehead atoms. The van der Waals surface area contributed by atoms with Gasteiger partial charge in [0.05, 0.1) is 30.0 Å². The number of amides is 2. The highest BCUT2D eigenvalue weighted by Gasteiger charge is 2.41. The van der Waals surface area contributed by atoms with Crippen molar-refractivity contribution in [3.63, 3.8) is 0 Å². The van der Waals surface area contributed by atoms with Crippen LogP contribution in [0.4, 0.5) is 42.6 Å². The van der Waals surface area contributed by atoms with Gasteiger partial charge in [0, 0.05) is 44.0 Å². The van der Waals surface area contributed by atoms with Crippen LogP contribution in [0.3, 0.4) is 0 Å². The Labute approximate surface area is 227 Å². The van der Waals surface area contributed by atoms with Crippen molar-refractivity contribution < 1.29 is 31.1 Å². The maximum atomic E-state index is 14.5. The van der Waals surface area contributed by atoms with Crippen LogP contribution < -0.4 is 9.80 Å². The van der Waals surface area contributed by atoms with Gasteiger partial charge in [0.1, 0.15) is 12.4 Å². The van der Waals surface area contributed by atoms with Crippen LogP contribution >= 0.6 is 0 Å². The summed E-state index contributed by atoms with van der Waals surface area (Å²) in [4.78, 5) is 22.2. The molecule has 2 amide bonds. The van der Waals surface area contributed by atoms with E-state index in [9.17, 15) is 31.1 Å². The van der Waals surface area contributed by atoms with Crippen molar-refractivity contribution >= 4 is 17.5 Å². The molecular weight excluding hydrogens is 538 g/mol. The molecule has 13 heteroatoms. The van der Waals surface area contributed by atoms with Crippen molar-refractivity contribution in [1.82, 2.24) is 19.7 Å². The summed E-state index contributed by atoms with van der Waals surface area (Å²) in [5.74, 6) is -3.39. The molecule has 0 radical (unpaired) electrons. The van der Waals surface area contributed by atoms with Gasteiger partial charge >= 0.3 is 12.2 Å². The first-order chi connectivity index (χ1) is 18.8. The van der Waals surface area contributed by atoms with Gasteiger partial charge in [-0.05, 0) is 43.5 Å². The van der Waals surface area contributed by atoms with E-state index < -0.39 is 36.8 Å². The van der Waals surface area contributed by atoms with Gasteiger partial charge < -0.3 is 9.80 Å². The lowest BCUT2D eigenvalue weighted by molar-refractivity contribution is -0.138. The standard InChI is InChI=1S/C27H28F6N6O/c1-17-5-3-7-21(28)23(17)36-11-8-19(9-12-36)38-14-18-13-37(16-26(2,29)30)35-24(18)39(25(38)40)15-22-20(27(31,32)33)6-4-10-34-22/h3-7,10,13,19H,8-9,11-12,14-16H2,1-2H3. The Balaban J connectivity index is 1.44. The van der Waals surface area contributed by atoms with Crippen LogP contribution in [0.25, 0.3) is 0 Å². The summed E-state index contributed by atoms with van der Waals surface area (Å²) in [5.41, 5.74) is 0.373.